The van der Waals surface area contributed by atoms with Gasteiger partial charge in [-0.2, -0.15) is 0 Å². The maximum atomic E-state index is 12.1. The van der Waals surface area contributed by atoms with E-state index in [1.165, 1.54) is 29.7 Å². The zero-order chi connectivity index (χ0) is 13.9. The Hall–Kier alpha value is -1.36. The molecular formula is C15H20N2O2S. The molecule has 2 N–H and O–H groups in total. The van der Waals surface area contributed by atoms with Gasteiger partial charge < -0.3 is 0 Å². The summed E-state index contributed by atoms with van der Waals surface area (Å²) in [6, 6.07) is 2.00. The molecule has 1 saturated carbocycles. The first kappa shape index (κ1) is 13.6. The molecule has 0 radical (unpaired) electrons. The fourth-order valence-electron chi connectivity index (χ4n) is 2.73. The summed E-state index contributed by atoms with van der Waals surface area (Å²) in [4.78, 5) is 25.8. The average Bonchev–Trinajstić information content (AvgIpc) is 2.65. The summed E-state index contributed by atoms with van der Waals surface area (Å²) in [5.74, 6) is -0.145. The van der Waals surface area contributed by atoms with Crippen molar-refractivity contribution >= 4 is 23.2 Å². The van der Waals surface area contributed by atoms with Crippen LogP contribution >= 0.6 is 11.3 Å². The van der Waals surface area contributed by atoms with E-state index in [9.17, 15) is 9.59 Å². The van der Waals surface area contributed by atoms with Crippen LogP contribution in [0.25, 0.3) is 0 Å². The lowest BCUT2D eigenvalue weighted by atomic mass is 9.85. The highest BCUT2D eigenvalue weighted by Crippen LogP contribution is 2.29. The van der Waals surface area contributed by atoms with E-state index in [2.05, 4.69) is 10.9 Å². The number of hydrogen-bond acceptors (Lipinski definition) is 3. The molecule has 1 aromatic rings. The number of amides is 2. The van der Waals surface area contributed by atoms with Gasteiger partial charge in [0.1, 0.15) is 0 Å². The van der Waals surface area contributed by atoms with Gasteiger partial charge in [0, 0.05) is 10.8 Å². The van der Waals surface area contributed by atoms with E-state index in [-0.39, 0.29) is 17.7 Å². The van der Waals surface area contributed by atoms with Crippen molar-refractivity contribution in [2.75, 3.05) is 0 Å². The predicted molar refractivity (Wildman–Crippen MR) is 78.5 cm³/mol. The summed E-state index contributed by atoms with van der Waals surface area (Å²) in [7, 11) is 0. The van der Waals surface area contributed by atoms with Gasteiger partial charge >= 0.3 is 0 Å². The topological polar surface area (TPSA) is 58.2 Å². The zero-order valence-electron chi connectivity index (χ0n) is 11.5. The van der Waals surface area contributed by atoms with Crippen molar-refractivity contribution in [3.63, 3.8) is 0 Å². The maximum Gasteiger partial charge on any atom is 0.279 e. The zero-order valence-corrected chi connectivity index (χ0v) is 12.4. The van der Waals surface area contributed by atoms with Gasteiger partial charge in [-0.25, -0.2) is 0 Å². The van der Waals surface area contributed by atoms with Crippen LogP contribution in [0.4, 0.5) is 0 Å². The smallest absolute Gasteiger partial charge is 0.273 e. The highest BCUT2D eigenvalue weighted by molar-refractivity contribution is 7.14. The molecule has 3 rings (SSSR count). The van der Waals surface area contributed by atoms with Crippen LogP contribution in [0.15, 0.2) is 6.07 Å². The quantitative estimate of drug-likeness (QED) is 0.650. The third kappa shape index (κ3) is 2.87. The minimum atomic E-state index is -0.184. The molecule has 2 aliphatic carbocycles. The lowest BCUT2D eigenvalue weighted by molar-refractivity contribution is -0.128. The molecule has 5 heteroatoms. The maximum absolute atomic E-state index is 12.1. The largest absolute Gasteiger partial charge is 0.279 e. The summed E-state index contributed by atoms with van der Waals surface area (Å²) in [6.45, 7) is 0. The van der Waals surface area contributed by atoms with Gasteiger partial charge in [-0.1, -0.05) is 12.8 Å². The molecular weight excluding hydrogens is 272 g/mol. The number of carbonyl (C=O) groups excluding carboxylic acids is 2. The van der Waals surface area contributed by atoms with Gasteiger partial charge in [0.2, 0.25) is 5.91 Å². The van der Waals surface area contributed by atoms with E-state index >= 15 is 0 Å². The molecule has 2 amide bonds. The van der Waals surface area contributed by atoms with Crippen molar-refractivity contribution in [1.29, 1.82) is 0 Å². The third-order valence-corrected chi connectivity index (χ3v) is 5.48. The number of thiophene rings is 1. The van der Waals surface area contributed by atoms with Crippen LogP contribution in [-0.2, 0) is 17.6 Å². The number of aryl methyl sites for hydroxylation is 2. The van der Waals surface area contributed by atoms with Crippen LogP contribution < -0.4 is 10.9 Å². The van der Waals surface area contributed by atoms with Crippen molar-refractivity contribution in [3.8, 4) is 0 Å². The van der Waals surface area contributed by atoms with Crippen molar-refractivity contribution in [2.45, 2.75) is 51.4 Å². The lowest BCUT2D eigenvalue weighted by Crippen LogP contribution is -2.45. The first-order valence-corrected chi connectivity index (χ1v) is 8.27. The number of fused-ring (bicyclic) bond motifs is 1. The second-order valence-electron chi connectivity index (χ2n) is 5.69. The monoisotopic (exact) mass is 292 g/mol. The molecule has 1 heterocycles. The SMILES string of the molecule is O=C(NNC(=O)C1CCC1)c1cc2c(s1)CCCCC2. The molecule has 0 atom stereocenters. The van der Waals surface area contributed by atoms with E-state index in [1.807, 2.05) is 6.07 Å². The van der Waals surface area contributed by atoms with Gasteiger partial charge in [0.05, 0.1) is 4.88 Å². The predicted octanol–water partition coefficient (Wildman–Crippen LogP) is 2.58. The molecule has 108 valence electrons. The lowest BCUT2D eigenvalue weighted by Gasteiger charge is -2.23. The summed E-state index contributed by atoms with van der Waals surface area (Å²) in [5, 5.41) is 0. The highest BCUT2D eigenvalue weighted by Gasteiger charge is 2.25. The molecule has 4 nitrogen and oxygen atoms in total. The van der Waals surface area contributed by atoms with Gasteiger partial charge in [-0.15, -0.1) is 11.3 Å². The molecule has 0 aliphatic heterocycles. The first-order chi connectivity index (χ1) is 9.74. The Bertz CT molecular complexity index is 496. The van der Waals surface area contributed by atoms with Crippen LogP contribution in [0, 0.1) is 5.92 Å². The number of hydrogen-bond donors (Lipinski definition) is 2. The molecule has 1 fully saturated rings. The van der Waals surface area contributed by atoms with Gasteiger partial charge in [0.15, 0.2) is 0 Å². The van der Waals surface area contributed by atoms with E-state index in [1.54, 1.807) is 11.3 Å². The molecule has 0 saturated heterocycles. The minimum Gasteiger partial charge on any atom is -0.273 e. The normalized spacial score (nSPS) is 18.6. The van der Waals surface area contributed by atoms with Crippen LogP contribution in [0.1, 0.15) is 58.6 Å². The second kappa shape index (κ2) is 5.95. The van der Waals surface area contributed by atoms with E-state index < -0.39 is 0 Å². The number of hydrazine groups is 1. The fourth-order valence-corrected chi connectivity index (χ4v) is 3.88. The number of carbonyl (C=O) groups is 2. The van der Waals surface area contributed by atoms with Crippen LogP contribution in [0.3, 0.4) is 0 Å². The number of nitrogens with one attached hydrogen (secondary N) is 2. The Labute approximate surface area is 122 Å². The van der Waals surface area contributed by atoms with Crippen molar-refractivity contribution in [2.24, 2.45) is 5.92 Å². The van der Waals surface area contributed by atoms with E-state index in [0.717, 1.165) is 32.1 Å². The first-order valence-electron chi connectivity index (χ1n) is 7.46. The summed E-state index contributed by atoms with van der Waals surface area (Å²) in [6.07, 6.45) is 8.86. The molecule has 2 aliphatic rings. The molecule has 1 aromatic heterocycles. The molecule has 0 aromatic carbocycles. The minimum absolute atomic E-state index is 0.0530. The summed E-state index contributed by atoms with van der Waals surface area (Å²) in [5.41, 5.74) is 6.41. The van der Waals surface area contributed by atoms with Crippen LogP contribution in [0.2, 0.25) is 0 Å². The Kier molecular flexibility index (Phi) is 4.05. The summed E-state index contributed by atoms with van der Waals surface area (Å²) < 4.78 is 0. The van der Waals surface area contributed by atoms with Crippen LogP contribution in [-0.4, -0.2) is 11.8 Å². The molecule has 20 heavy (non-hydrogen) atoms. The highest BCUT2D eigenvalue weighted by atomic mass is 32.1. The van der Waals surface area contributed by atoms with Crippen molar-refractivity contribution in [1.82, 2.24) is 10.9 Å². The Morgan fingerprint density at radius 3 is 2.60 bits per heavy atom. The van der Waals surface area contributed by atoms with Gasteiger partial charge in [-0.3, -0.25) is 20.4 Å². The van der Waals surface area contributed by atoms with Gasteiger partial charge in [-0.05, 0) is 50.2 Å². The van der Waals surface area contributed by atoms with Crippen molar-refractivity contribution < 1.29 is 9.59 Å². The molecule has 0 unspecified atom stereocenters. The molecule has 0 bridgehead atoms. The average molecular weight is 292 g/mol. The number of rotatable bonds is 2. The third-order valence-electron chi connectivity index (χ3n) is 4.25. The Morgan fingerprint density at radius 2 is 1.85 bits per heavy atom. The van der Waals surface area contributed by atoms with Crippen LogP contribution in [0.5, 0.6) is 0 Å². The van der Waals surface area contributed by atoms with E-state index in [4.69, 9.17) is 0 Å². The van der Waals surface area contributed by atoms with Gasteiger partial charge in [0.25, 0.3) is 5.91 Å². The Morgan fingerprint density at radius 1 is 1.05 bits per heavy atom. The second-order valence-corrected chi connectivity index (χ2v) is 6.83. The molecule has 0 spiro atoms. The summed E-state index contributed by atoms with van der Waals surface area (Å²) >= 11 is 1.57. The van der Waals surface area contributed by atoms with E-state index in [0.29, 0.717) is 4.88 Å². The Balaban J connectivity index is 1.58. The fraction of sp³-hybridized carbons (Fsp3) is 0.600. The standard InChI is InChI=1S/C15H20N2O2S/c18-14(10-6-4-7-10)16-17-15(19)13-9-11-5-2-1-3-8-12(11)20-13/h9-10H,1-8H2,(H,16,18)(H,17,19). The van der Waals surface area contributed by atoms with Crippen molar-refractivity contribution in [3.05, 3.63) is 21.4 Å².